The van der Waals surface area contributed by atoms with Crippen LogP contribution in [0.5, 0.6) is 0 Å². The number of hydrogen-bond donors (Lipinski definition) is 1. The van der Waals surface area contributed by atoms with Crippen LogP contribution in [0.3, 0.4) is 0 Å². The van der Waals surface area contributed by atoms with Crippen LogP contribution in [0.25, 0.3) is 0 Å². The van der Waals surface area contributed by atoms with Gasteiger partial charge in [0, 0.05) is 39.9 Å². The summed E-state index contributed by atoms with van der Waals surface area (Å²) in [5, 5.41) is 6.92. The Bertz CT molecular complexity index is 575. The molecule has 0 unspecified atom stereocenters. The van der Waals surface area contributed by atoms with Crippen LogP contribution in [0.1, 0.15) is 6.42 Å². The lowest BCUT2D eigenvalue weighted by Gasteiger charge is -2.18. The number of rotatable bonds is 8. The SMILES string of the molecule is COCCOCC(=O)NC[C@@H]1CCN(c2cnn(C)c(=O)c2)C1. The zero-order chi connectivity index (χ0) is 16.7. The van der Waals surface area contributed by atoms with Crippen molar-refractivity contribution >= 4 is 11.6 Å². The van der Waals surface area contributed by atoms with E-state index in [1.807, 2.05) is 0 Å². The number of ether oxygens (including phenoxy) is 2. The molecule has 1 saturated heterocycles. The number of hydrogen-bond acceptors (Lipinski definition) is 6. The van der Waals surface area contributed by atoms with E-state index in [-0.39, 0.29) is 18.1 Å². The molecular weight excluding hydrogens is 300 g/mol. The molecule has 8 nitrogen and oxygen atoms in total. The van der Waals surface area contributed by atoms with Gasteiger partial charge in [0.1, 0.15) is 6.61 Å². The molecule has 2 heterocycles. The molecule has 2 rings (SSSR count). The minimum absolute atomic E-state index is 0.0540. The maximum Gasteiger partial charge on any atom is 0.268 e. The number of aromatic nitrogens is 2. The quantitative estimate of drug-likeness (QED) is 0.642. The first-order valence-corrected chi connectivity index (χ1v) is 7.72. The van der Waals surface area contributed by atoms with Gasteiger partial charge in [-0.05, 0) is 12.3 Å². The van der Waals surface area contributed by atoms with Crippen LogP contribution in [0.4, 0.5) is 5.69 Å². The fourth-order valence-electron chi connectivity index (χ4n) is 2.48. The number of anilines is 1. The van der Waals surface area contributed by atoms with Crippen molar-refractivity contribution < 1.29 is 14.3 Å². The second-order valence-electron chi connectivity index (χ2n) is 5.63. The van der Waals surface area contributed by atoms with Gasteiger partial charge >= 0.3 is 0 Å². The van der Waals surface area contributed by atoms with Crippen molar-refractivity contribution in [3.05, 3.63) is 22.6 Å². The third-order valence-corrected chi connectivity index (χ3v) is 3.86. The van der Waals surface area contributed by atoms with E-state index in [1.54, 1.807) is 26.4 Å². The lowest BCUT2D eigenvalue weighted by molar-refractivity contribution is -0.126. The van der Waals surface area contributed by atoms with Crippen molar-refractivity contribution in [1.29, 1.82) is 0 Å². The van der Waals surface area contributed by atoms with Crippen molar-refractivity contribution in [2.45, 2.75) is 6.42 Å². The van der Waals surface area contributed by atoms with E-state index in [9.17, 15) is 9.59 Å². The smallest absolute Gasteiger partial charge is 0.268 e. The molecule has 1 atom stereocenters. The molecule has 0 spiro atoms. The molecule has 128 valence electrons. The summed E-state index contributed by atoms with van der Waals surface area (Å²) in [6.07, 6.45) is 2.67. The highest BCUT2D eigenvalue weighted by molar-refractivity contribution is 5.77. The molecule has 0 radical (unpaired) electrons. The van der Waals surface area contributed by atoms with Crippen molar-refractivity contribution in [2.24, 2.45) is 13.0 Å². The minimum Gasteiger partial charge on any atom is -0.382 e. The Balaban J connectivity index is 1.72. The summed E-state index contributed by atoms with van der Waals surface area (Å²) in [4.78, 5) is 25.4. The summed E-state index contributed by atoms with van der Waals surface area (Å²) in [6.45, 7) is 3.23. The predicted octanol–water partition coefficient (Wildman–Crippen LogP) is -0.614. The van der Waals surface area contributed by atoms with Crippen molar-refractivity contribution in [3.63, 3.8) is 0 Å². The first-order chi connectivity index (χ1) is 11.1. The van der Waals surface area contributed by atoms with Crippen LogP contribution in [0, 0.1) is 5.92 Å². The van der Waals surface area contributed by atoms with Crippen LogP contribution < -0.4 is 15.8 Å². The lowest BCUT2D eigenvalue weighted by atomic mass is 10.1. The molecule has 1 amide bonds. The fourth-order valence-corrected chi connectivity index (χ4v) is 2.48. The number of amides is 1. The maximum atomic E-state index is 11.7. The first-order valence-electron chi connectivity index (χ1n) is 7.72. The van der Waals surface area contributed by atoms with Gasteiger partial charge in [0.05, 0.1) is 25.1 Å². The van der Waals surface area contributed by atoms with Gasteiger partial charge in [0.15, 0.2) is 0 Å². The molecule has 0 saturated carbocycles. The Morgan fingerprint density at radius 2 is 2.30 bits per heavy atom. The molecular formula is C15H24N4O4. The van der Waals surface area contributed by atoms with Crippen LogP contribution in [-0.2, 0) is 21.3 Å². The van der Waals surface area contributed by atoms with Gasteiger partial charge in [0.2, 0.25) is 5.91 Å². The summed E-state index contributed by atoms with van der Waals surface area (Å²) in [5.74, 6) is 0.247. The molecule has 0 bridgehead atoms. The van der Waals surface area contributed by atoms with Crippen molar-refractivity contribution in [3.8, 4) is 0 Å². The third kappa shape index (κ3) is 5.33. The molecule has 0 aliphatic carbocycles. The molecule has 23 heavy (non-hydrogen) atoms. The van der Waals surface area contributed by atoms with E-state index in [0.717, 1.165) is 25.2 Å². The lowest BCUT2D eigenvalue weighted by Crippen LogP contribution is -2.34. The Morgan fingerprint density at radius 3 is 3.04 bits per heavy atom. The van der Waals surface area contributed by atoms with Crippen LogP contribution in [-0.4, -0.2) is 62.3 Å². The molecule has 1 fully saturated rings. The number of nitrogens with one attached hydrogen (secondary N) is 1. The normalized spacial score (nSPS) is 17.5. The molecule has 1 aliphatic rings. The fraction of sp³-hybridized carbons (Fsp3) is 0.667. The van der Waals surface area contributed by atoms with Gasteiger partial charge in [-0.3, -0.25) is 9.59 Å². The number of carbonyl (C=O) groups excluding carboxylic acids is 1. The Morgan fingerprint density at radius 1 is 1.48 bits per heavy atom. The monoisotopic (exact) mass is 324 g/mol. The van der Waals surface area contributed by atoms with Gasteiger partial charge in [-0.1, -0.05) is 0 Å². The Kier molecular flexibility index (Phi) is 6.54. The summed E-state index contributed by atoms with van der Waals surface area (Å²) in [7, 11) is 3.22. The van der Waals surface area contributed by atoms with Crippen LogP contribution in [0.2, 0.25) is 0 Å². The van der Waals surface area contributed by atoms with Crippen LogP contribution in [0.15, 0.2) is 17.1 Å². The Hall–Kier alpha value is -1.93. The Labute approximate surface area is 135 Å². The predicted molar refractivity (Wildman–Crippen MR) is 85.5 cm³/mol. The zero-order valence-electron chi connectivity index (χ0n) is 13.7. The highest BCUT2D eigenvalue weighted by atomic mass is 16.5. The van der Waals surface area contributed by atoms with Crippen molar-refractivity contribution in [2.75, 3.05) is 51.5 Å². The number of nitrogens with zero attached hydrogens (tertiary/aromatic N) is 3. The van der Waals surface area contributed by atoms with E-state index in [2.05, 4.69) is 15.3 Å². The van der Waals surface area contributed by atoms with Gasteiger partial charge in [-0.2, -0.15) is 5.10 Å². The first kappa shape index (κ1) is 17.4. The molecule has 1 aliphatic heterocycles. The molecule has 8 heteroatoms. The zero-order valence-corrected chi connectivity index (χ0v) is 13.7. The van der Waals surface area contributed by atoms with Gasteiger partial charge < -0.3 is 19.7 Å². The van der Waals surface area contributed by atoms with Gasteiger partial charge in [-0.25, -0.2) is 4.68 Å². The summed E-state index contributed by atoms with van der Waals surface area (Å²) in [5.41, 5.74) is 0.720. The maximum absolute atomic E-state index is 11.7. The molecule has 1 aromatic heterocycles. The second kappa shape index (κ2) is 8.64. The molecule has 1 aromatic rings. The minimum atomic E-state index is -0.118. The van der Waals surface area contributed by atoms with E-state index in [1.165, 1.54) is 4.68 Å². The molecule has 1 N–H and O–H groups in total. The summed E-state index contributed by atoms with van der Waals surface area (Å²) >= 11 is 0. The topological polar surface area (TPSA) is 85.7 Å². The third-order valence-electron chi connectivity index (χ3n) is 3.86. The van der Waals surface area contributed by atoms with Gasteiger partial charge in [-0.15, -0.1) is 0 Å². The van der Waals surface area contributed by atoms with Gasteiger partial charge in [0.25, 0.3) is 5.56 Å². The highest BCUT2D eigenvalue weighted by Crippen LogP contribution is 2.21. The van der Waals surface area contributed by atoms with E-state index in [4.69, 9.17) is 9.47 Å². The number of methoxy groups -OCH3 is 1. The number of aryl methyl sites for hydroxylation is 1. The summed E-state index contributed by atoms with van der Waals surface area (Å²) in [6, 6.07) is 1.59. The number of carbonyl (C=O) groups is 1. The summed E-state index contributed by atoms with van der Waals surface area (Å²) < 4.78 is 11.3. The van der Waals surface area contributed by atoms with E-state index < -0.39 is 0 Å². The van der Waals surface area contributed by atoms with E-state index in [0.29, 0.717) is 25.7 Å². The average Bonchev–Trinajstić information content (AvgIpc) is 3.01. The largest absolute Gasteiger partial charge is 0.382 e. The standard InChI is InChI=1S/C15H24N4O4/c1-18-15(21)7-13(9-17-18)19-4-3-12(10-19)8-16-14(20)11-23-6-5-22-2/h7,9,12H,3-6,8,10-11H2,1-2H3,(H,16,20)/t12-/m0/s1. The average molecular weight is 324 g/mol. The molecule has 0 aromatic carbocycles. The van der Waals surface area contributed by atoms with Crippen molar-refractivity contribution in [1.82, 2.24) is 15.1 Å². The van der Waals surface area contributed by atoms with E-state index >= 15 is 0 Å². The highest BCUT2D eigenvalue weighted by Gasteiger charge is 2.23. The second-order valence-corrected chi connectivity index (χ2v) is 5.63. The van der Waals surface area contributed by atoms with Crippen LogP contribution >= 0.6 is 0 Å².